The monoisotopic (exact) mass is 279 g/mol. The van der Waals surface area contributed by atoms with Gasteiger partial charge in [-0.2, -0.15) is 0 Å². The van der Waals surface area contributed by atoms with Crippen molar-refractivity contribution in [2.24, 2.45) is 0 Å². The lowest BCUT2D eigenvalue weighted by Gasteiger charge is -2.15. The van der Waals surface area contributed by atoms with Crippen LogP contribution in [-0.2, 0) is 16.1 Å². The van der Waals surface area contributed by atoms with Gasteiger partial charge in [0.25, 0.3) is 5.56 Å². The molecule has 0 saturated carbocycles. The molecule has 1 aromatic heterocycles. The Balaban J connectivity index is 3.04. The lowest BCUT2D eigenvalue weighted by Crippen LogP contribution is -2.34. The lowest BCUT2D eigenvalue weighted by molar-refractivity contribution is -0.129. The van der Waals surface area contributed by atoms with Crippen molar-refractivity contribution in [3.63, 3.8) is 0 Å². The summed E-state index contributed by atoms with van der Waals surface area (Å²) in [6, 6.07) is 3.29. The van der Waals surface area contributed by atoms with Crippen molar-refractivity contribution >= 4 is 17.5 Å². The number of hydrogen-bond acceptors (Lipinski definition) is 3. The minimum Gasteiger partial charge on any atom is -0.347 e. The number of pyridine rings is 1. The first-order valence-electron chi connectivity index (χ1n) is 6.57. The van der Waals surface area contributed by atoms with Crippen LogP contribution < -0.4 is 10.9 Å². The number of anilines is 1. The summed E-state index contributed by atoms with van der Waals surface area (Å²) in [6.07, 6.45) is 1.08. The molecule has 0 aliphatic carbocycles. The minimum atomic E-state index is -0.357. The van der Waals surface area contributed by atoms with Crippen molar-refractivity contribution in [3.05, 3.63) is 28.2 Å². The summed E-state index contributed by atoms with van der Waals surface area (Å²) in [5, 5.41) is 2.58. The van der Waals surface area contributed by atoms with Crippen LogP contribution in [-0.4, -0.2) is 35.4 Å². The van der Waals surface area contributed by atoms with Crippen LogP contribution in [0, 0.1) is 6.92 Å². The lowest BCUT2D eigenvalue weighted by atomic mass is 10.3. The Bertz CT molecular complexity index is 561. The van der Waals surface area contributed by atoms with Gasteiger partial charge in [0.15, 0.2) is 0 Å². The number of carbonyl (C=O) groups is 2. The van der Waals surface area contributed by atoms with E-state index in [2.05, 4.69) is 5.32 Å². The molecule has 0 fully saturated rings. The second-order valence-electron chi connectivity index (χ2n) is 4.87. The summed E-state index contributed by atoms with van der Waals surface area (Å²) in [7, 11) is 3.27. The highest BCUT2D eigenvalue weighted by Crippen LogP contribution is 2.05. The van der Waals surface area contributed by atoms with Crippen LogP contribution in [0.15, 0.2) is 16.9 Å². The normalized spacial score (nSPS) is 10.2. The third kappa shape index (κ3) is 3.94. The first-order chi connectivity index (χ1) is 9.36. The van der Waals surface area contributed by atoms with E-state index in [1.165, 1.54) is 9.47 Å². The average Bonchev–Trinajstić information content (AvgIpc) is 2.37. The van der Waals surface area contributed by atoms with E-state index in [0.717, 1.165) is 0 Å². The maximum atomic E-state index is 12.3. The number of nitrogens with zero attached hydrogens (tertiary/aromatic N) is 2. The van der Waals surface area contributed by atoms with Gasteiger partial charge in [0.1, 0.15) is 12.2 Å². The second kappa shape index (κ2) is 6.88. The molecule has 20 heavy (non-hydrogen) atoms. The first-order valence-corrected chi connectivity index (χ1v) is 6.57. The van der Waals surface area contributed by atoms with Crippen LogP contribution >= 0.6 is 0 Å². The van der Waals surface area contributed by atoms with E-state index in [-0.39, 0.29) is 29.6 Å². The van der Waals surface area contributed by atoms with Crippen LogP contribution in [0.2, 0.25) is 0 Å². The molecule has 0 radical (unpaired) electrons. The van der Waals surface area contributed by atoms with Gasteiger partial charge < -0.3 is 14.8 Å². The number of hydrogen-bond donors (Lipinski definition) is 1. The van der Waals surface area contributed by atoms with Gasteiger partial charge in [-0.05, 0) is 25.5 Å². The van der Waals surface area contributed by atoms with Crippen LogP contribution in [0.5, 0.6) is 0 Å². The van der Waals surface area contributed by atoms with Gasteiger partial charge in [-0.25, -0.2) is 0 Å². The van der Waals surface area contributed by atoms with Crippen molar-refractivity contribution in [3.8, 4) is 0 Å². The molecule has 1 N–H and O–H groups in total. The van der Waals surface area contributed by atoms with E-state index in [1.807, 2.05) is 6.92 Å². The summed E-state index contributed by atoms with van der Waals surface area (Å²) in [5.41, 5.74) is 0.531. The molecule has 0 spiro atoms. The number of rotatable bonds is 5. The topological polar surface area (TPSA) is 71.4 Å². The smallest absolute Gasteiger partial charge is 0.274 e. The molecule has 2 amide bonds. The largest absolute Gasteiger partial charge is 0.347 e. The minimum absolute atomic E-state index is 0.0326. The molecule has 0 saturated heterocycles. The van der Waals surface area contributed by atoms with E-state index in [0.29, 0.717) is 18.5 Å². The number of aryl methyl sites for hydroxylation is 1. The second-order valence-corrected chi connectivity index (χ2v) is 4.87. The van der Waals surface area contributed by atoms with Gasteiger partial charge >= 0.3 is 0 Å². The highest BCUT2D eigenvalue weighted by molar-refractivity contribution is 5.90. The Hall–Kier alpha value is -2.11. The van der Waals surface area contributed by atoms with E-state index < -0.39 is 0 Å². The fraction of sp³-hybridized carbons (Fsp3) is 0.500. The Kier molecular flexibility index (Phi) is 5.49. The van der Waals surface area contributed by atoms with Crippen LogP contribution in [0.25, 0.3) is 0 Å². The molecule has 6 heteroatoms. The molecule has 0 atom stereocenters. The molecule has 1 heterocycles. The zero-order valence-electron chi connectivity index (χ0n) is 12.4. The van der Waals surface area contributed by atoms with Crippen LogP contribution in [0.4, 0.5) is 5.69 Å². The van der Waals surface area contributed by atoms with Crippen molar-refractivity contribution in [2.45, 2.75) is 33.2 Å². The summed E-state index contributed by atoms with van der Waals surface area (Å²) >= 11 is 0. The summed E-state index contributed by atoms with van der Waals surface area (Å²) in [5.74, 6) is -0.369. The maximum Gasteiger partial charge on any atom is 0.274 e. The zero-order chi connectivity index (χ0) is 15.3. The van der Waals surface area contributed by atoms with Gasteiger partial charge in [0.05, 0.1) is 0 Å². The van der Waals surface area contributed by atoms with Gasteiger partial charge in [0, 0.05) is 26.2 Å². The van der Waals surface area contributed by atoms with E-state index >= 15 is 0 Å². The SMILES string of the molecule is CCCC(=O)Nc1ccc(C)n(CC(=O)N(C)C)c1=O. The zero-order valence-corrected chi connectivity index (χ0v) is 12.4. The Morgan fingerprint density at radius 3 is 2.50 bits per heavy atom. The third-order valence-corrected chi connectivity index (χ3v) is 2.94. The van der Waals surface area contributed by atoms with Crippen molar-refractivity contribution in [1.29, 1.82) is 0 Å². The molecule has 0 aromatic carbocycles. The van der Waals surface area contributed by atoms with Crippen LogP contribution in [0.3, 0.4) is 0 Å². The van der Waals surface area contributed by atoms with Crippen LogP contribution in [0.1, 0.15) is 25.5 Å². The fourth-order valence-electron chi connectivity index (χ4n) is 1.68. The Morgan fingerprint density at radius 1 is 1.30 bits per heavy atom. The third-order valence-electron chi connectivity index (χ3n) is 2.94. The number of carbonyl (C=O) groups excluding carboxylic acids is 2. The number of aromatic nitrogens is 1. The molecular formula is C14H21N3O3. The highest BCUT2D eigenvalue weighted by atomic mass is 16.2. The van der Waals surface area contributed by atoms with E-state index in [4.69, 9.17) is 0 Å². The Labute approximate surface area is 118 Å². The van der Waals surface area contributed by atoms with Gasteiger partial charge in [-0.15, -0.1) is 0 Å². The predicted octanol–water partition coefficient (Wildman–Crippen LogP) is 0.984. The molecule has 0 unspecified atom stereocenters. The summed E-state index contributed by atoms with van der Waals surface area (Å²) < 4.78 is 1.36. The van der Waals surface area contributed by atoms with Crippen molar-refractivity contribution in [1.82, 2.24) is 9.47 Å². The highest BCUT2D eigenvalue weighted by Gasteiger charge is 2.12. The van der Waals surface area contributed by atoms with Gasteiger partial charge in [0.2, 0.25) is 11.8 Å². The summed E-state index contributed by atoms with van der Waals surface area (Å²) in [6.45, 7) is 3.61. The molecule has 6 nitrogen and oxygen atoms in total. The molecule has 1 rings (SSSR count). The average molecular weight is 279 g/mol. The van der Waals surface area contributed by atoms with E-state index in [1.54, 1.807) is 33.2 Å². The molecule has 0 aliphatic heterocycles. The predicted molar refractivity (Wildman–Crippen MR) is 77.7 cm³/mol. The molecule has 1 aromatic rings. The molecule has 0 bridgehead atoms. The van der Waals surface area contributed by atoms with E-state index in [9.17, 15) is 14.4 Å². The number of likely N-dealkylation sites (N-methyl/N-ethyl adjacent to an activating group) is 1. The van der Waals surface area contributed by atoms with Crippen molar-refractivity contribution < 1.29 is 9.59 Å². The Morgan fingerprint density at radius 2 is 1.95 bits per heavy atom. The number of nitrogens with one attached hydrogen (secondary N) is 1. The van der Waals surface area contributed by atoms with Gasteiger partial charge in [-0.1, -0.05) is 6.92 Å². The standard InChI is InChI=1S/C14H21N3O3/c1-5-6-12(18)15-11-8-7-10(2)17(14(11)20)9-13(19)16(3)4/h7-8H,5-6,9H2,1-4H3,(H,15,18). The summed E-state index contributed by atoms with van der Waals surface area (Å²) in [4.78, 5) is 37.0. The first kappa shape index (κ1) is 15.9. The quantitative estimate of drug-likeness (QED) is 0.873. The maximum absolute atomic E-state index is 12.3. The molecule has 110 valence electrons. The fourth-order valence-corrected chi connectivity index (χ4v) is 1.68. The van der Waals surface area contributed by atoms with Gasteiger partial charge in [-0.3, -0.25) is 14.4 Å². The van der Waals surface area contributed by atoms with Crippen molar-refractivity contribution in [2.75, 3.05) is 19.4 Å². The number of amides is 2. The molecule has 0 aliphatic rings. The molecular weight excluding hydrogens is 258 g/mol.